The first-order chi connectivity index (χ1) is 18.7. The molecule has 0 bridgehead atoms. The second kappa shape index (κ2) is 13.6. The van der Waals surface area contributed by atoms with Crippen molar-refractivity contribution in [2.45, 2.75) is 50.5 Å². The average Bonchev–Trinajstić information content (AvgIpc) is 3.67. The highest BCUT2D eigenvalue weighted by Gasteiger charge is 2.48. The third-order valence-electron chi connectivity index (χ3n) is 6.86. The maximum absolute atomic E-state index is 12.1. The molecule has 0 saturated carbocycles. The fourth-order valence-electron chi connectivity index (χ4n) is 4.79. The summed E-state index contributed by atoms with van der Waals surface area (Å²) in [5.41, 5.74) is 0.714. The van der Waals surface area contributed by atoms with Crippen LogP contribution in [0.5, 0.6) is 0 Å². The van der Waals surface area contributed by atoms with Crippen molar-refractivity contribution in [1.82, 2.24) is 9.97 Å². The third-order valence-corrected chi connectivity index (χ3v) is 7.74. The largest absolute Gasteiger partial charge is 0.453 e. The SMILES string of the molecule is C[C@H]1CO[C@H]2[C@@H]1OC[C@H]2O.C[C@H]1CO[C@H]2[C@@H]1OC[C@H]2OC(=O)c1ccc[nH]c1=S.O=C(Cl)c1ccc[nH]c1=S. The molecule has 39 heavy (non-hydrogen) atoms. The number of halogens is 1. The summed E-state index contributed by atoms with van der Waals surface area (Å²) >= 11 is 15.0. The Kier molecular flexibility index (Phi) is 10.4. The number of aromatic amines is 2. The Morgan fingerprint density at radius 1 is 0.846 bits per heavy atom. The Bertz CT molecular complexity index is 1260. The van der Waals surface area contributed by atoms with E-state index in [1.807, 2.05) is 0 Å². The standard InChI is InChI=1S/C13H15NO4S.C7H12O3.C6H4ClNOS/c1-7-5-16-11-9(6-17-10(7)11)18-13(15)8-3-2-4-14-12(8)19;1-4-2-9-7-5(8)3-10-6(4)7;7-5(9)4-2-1-3-8-6(4)10/h2-4,7,9-11H,5-6H2,1H3,(H,14,19);4-8H,2-3H2,1H3;1-3H,(H,8,10)/t7-,9+,10+,11+;4-,5+,6+,7+;/m00./s1. The molecule has 3 N–H and O–H groups in total. The lowest BCUT2D eigenvalue weighted by Gasteiger charge is -2.16. The number of hydrogen-bond donors (Lipinski definition) is 3. The van der Waals surface area contributed by atoms with Crippen LogP contribution in [0.2, 0.25) is 0 Å². The second-order valence-electron chi connectivity index (χ2n) is 9.76. The molecule has 0 aromatic carbocycles. The molecule has 0 amide bonds. The van der Waals surface area contributed by atoms with Crippen LogP contribution in [0.4, 0.5) is 0 Å². The van der Waals surface area contributed by atoms with E-state index >= 15 is 0 Å². The summed E-state index contributed by atoms with van der Waals surface area (Å²) in [6, 6.07) is 6.61. The summed E-state index contributed by atoms with van der Waals surface area (Å²) in [6.07, 6.45) is 2.56. The van der Waals surface area contributed by atoms with Gasteiger partial charge in [0, 0.05) is 24.2 Å². The Balaban J connectivity index is 0.000000149. The molecule has 0 aliphatic carbocycles. The summed E-state index contributed by atoms with van der Waals surface area (Å²) in [5.74, 6) is 0.356. The number of aromatic nitrogens is 2. The molecule has 4 saturated heterocycles. The molecule has 6 heterocycles. The average molecular weight is 599 g/mol. The number of carbonyl (C=O) groups is 2. The van der Waals surface area contributed by atoms with Gasteiger partial charge in [0.05, 0.1) is 49.8 Å². The second-order valence-corrected chi connectivity index (χ2v) is 10.9. The molecule has 10 nitrogen and oxygen atoms in total. The third kappa shape index (κ3) is 7.19. The number of carbonyl (C=O) groups excluding carboxylic acids is 2. The van der Waals surface area contributed by atoms with Crippen molar-refractivity contribution in [1.29, 1.82) is 0 Å². The highest BCUT2D eigenvalue weighted by atomic mass is 35.5. The van der Waals surface area contributed by atoms with Gasteiger partial charge in [-0.3, -0.25) is 4.79 Å². The summed E-state index contributed by atoms with van der Waals surface area (Å²) in [4.78, 5) is 28.1. The Labute approximate surface area is 240 Å². The molecule has 0 radical (unpaired) electrons. The van der Waals surface area contributed by atoms with Gasteiger partial charge in [0.2, 0.25) is 0 Å². The molecule has 8 atom stereocenters. The molecule has 6 rings (SSSR count). The molecule has 13 heteroatoms. The number of nitrogens with one attached hydrogen (secondary N) is 2. The number of aliphatic hydroxyl groups excluding tert-OH is 1. The lowest BCUT2D eigenvalue weighted by atomic mass is 10.0. The van der Waals surface area contributed by atoms with E-state index in [4.69, 9.17) is 59.7 Å². The van der Waals surface area contributed by atoms with Gasteiger partial charge in [-0.25, -0.2) is 4.79 Å². The smallest absolute Gasteiger partial charge is 0.341 e. The topological polar surface area (TPSA) is 132 Å². The quantitative estimate of drug-likeness (QED) is 0.273. The Hall–Kier alpha value is -2.03. The fraction of sp³-hybridized carbons (Fsp3) is 0.538. The van der Waals surface area contributed by atoms with Gasteiger partial charge >= 0.3 is 5.97 Å². The normalized spacial score (nSPS) is 32.2. The molecule has 2 aromatic heterocycles. The molecule has 0 unspecified atom stereocenters. The molecule has 0 spiro atoms. The van der Waals surface area contributed by atoms with Crippen LogP contribution in [0, 0.1) is 21.1 Å². The van der Waals surface area contributed by atoms with Crippen molar-refractivity contribution in [2.24, 2.45) is 11.8 Å². The highest BCUT2D eigenvalue weighted by Crippen LogP contribution is 2.33. The summed E-state index contributed by atoms with van der Waals surface area (Å²) < 4.78 is 28.1. The Morgan fingerprint density at radius 2 is 1.36 bits per heavy atom. The van der Waals surface area contributed by atoms with E-state index < -0.39 is 17.3 Å². The molecular weight excluding hydrogens is 568 g/mol. The minimum absolute atomic E-state index is 0.0307. The van der Waals surface area contributed by atoms with Crippen LogP contribution in [-0.4, -0.2) is 89.3 Å². The zero-order chi connectivity index (χ0) is 28.1. The number of ether oxygens (including phenoxy) is 5. The molecule has 212 valence electrons. The van der Waals surface area contributed by atoms with E-state index in [1.165, 1.54) is 0 Å². The minimum atomic E-state index is -0.526. The van der Waals surface area contributed by atoms with Crippen LogP contribution in [0.25, 0.3) is 0 Å². The predicted octanol–water partition coefficient (Wildman–Crippen LogP) is 3.61. The van der Waals surface area contributed by atoms with E-state index in [0.29, 0.717) is 52.1 Å². The van der Waals surface area contributed by atoms with Gasteiger partial charge < -0.3 is 38.8 Å². The molecule has 4 aliphatic heterocycles. The van der Waals surface area contributed by atoms with Crippen LogP contribution in [0.3, 0.4) is 0 Å². The van der Waals surface area contributed by atoms with E-state index in [0.717, 1.165) is 6.61 Å². The first-order valence-corrected chi connectivity index (χ1v) is 13.8. The van der Waals surface area contributed by atoms with E-state index in [-0.39, 0.29) is 30.5 Å². The zero-order valence-corrected chi connectivity index (χ0v) is 23.8. The van der Waals surface area contributed by atoms with Crippen LogP contribution in [-0.2, 0) is 23.7 Å². The van der Waals surface area contributed by atoms with Gasteiger partial charge in [0.15, 0.2) is 6.10 Å². The van der Waals surface area contributed by atoms with Crippen molar-refractivity contribution in [3.05, 3.63) is 57.1 Å². The van der Waals surface area contributed by atoms with E-state index in [2.05, 4.69) is 23.8 Å². The van der Waals surface area contributed by atoms with Crippen LogP contribution in [0.1, 0.15) is 34.6 Å². The van der Waals surface area contributed by atoms with E-state index in [1.54, 1.807) is 36.7 Å². The van der Waals surface area contributed by atoms with Gasteiger partial charge in [-0.2, -0.15) is 0 Å². The number of H-pyrrole nitrogens is 2. The minimum Gasteiger partial charge on any atom is -0.453 e. The number of aliphatic hydroxyl groups is 1. The lowest BCUT2D eigenvalue weighted by Crippen LogP contribution is -2.33. The van der Waals surface area contributed by atoms with E-state index in [9.17, 15) is 14.7 Å². The van der Waals surface area contributed by atoms with Gasteiger partial charge in [-0.15, -0.1) is 0 Å². The monoisotopic (exact) mass is 598 g/mol. The molecular formula is C26H31ClN2O8S2. The van der Waals surface area contributed by atoms with Crippen molar-refractivity contribution in [3.8, 4) is 0 Å². The van der Waals surface area contributed by atoms with Crippen molar-refractivity contribution < 1.29 is 38.4 Å². The predicted molar refractivity (Wildman–Crippen MR) is 146 cm³/mol. The van der Waals surface area contributed by atoms with Crippen LogP contribution >= 0.6 is 36.0 Å². The number of pyridine rings is 2. The van der Waals surface area contributed by atoms with Crippen molar-refractivity contribution in [2.75, 3.05) is 26.4 Å². The van der Waals surface area contributed by atoms with Crippen molar-refractivity contribution in [3.63, 3.8) is 0 Å². The lowest BCUT2D eigenvalue weighted by molar-refractivity contribution is -0.0159. The van der Waals surface area contributed by atoms with Gasteiger partial charge in [-0.05, 0) is 35.9 Å². The molecule has 2 aromatic rings. The van der Waals surface area contributed by atoms with Gasteiger partial charge in [0.25, 0.3) is 5.24 Å². The van der Waals surface area contributed by atoms with Crippen molar-refractivity contribution >= 4 is 47.2 Å². The Morgan fingerprint density at radius 3 is 1.90 bits per heavy atom. The first-order valence-electron chi connectivity index (χ1n) is 12.6. The van der Waals surface area contributed by atoms with Gasteiger partial charge in [0.1, 0.15) is 27.6 Å². The molecule has 4 fully saturated rings. The maximum atomic E-state index is 12.1. The van der Waals surface area contributed by atoms with Crippen LogP contribution < -0.4 is 0 Å². The number of rotatable bonds is 3. The maximum Gasteiger partial charge on any atom is 0.341 e. The number of fused-ring (bicyclic) bond motifs is 2. The summed E-state index contributed by atoms with van der Waals surface area (Å²) in [7, 11) is 0. The summed E-state index contributed by atoms with van der Waals surface area (Å²) in [5, 5.41) is 8.74. The number of hydrogen-bond acceptors (Lipinski definition) is 10. The molecule has 4 aliphatic rings. The fourth-order valence-corrected chi connectivity index (χ4v) is 5.45. The summed E-state index contributed by atoms with van der Waals surface area (Å²) in [6.45, 7) is 6.36. The zero-order valence-electron chi connectivity index (χ0n) is 21.4. The first kappa shape index (κ1) is 29.9. The number of esters is 1. The van der Waals surface area contributed by atoms with Crippen LogP contribution in [0.15, 0.2) is 36.7 Å². The van der Waals surface area contributed by atoms with Gasteiger partial charge in [-0.1, -0.05) is 38.3 Å². The highest BCUT2D eigenvalue weighted by molar-refractivity contribution is 7.71.